The average molecular weight is 240 g/mol. The van der Waals surface area contributed by atoms with E-state index in [0.717, 1.165) is 11.2 Å². The van der Waals surface area contributed by atoms with Crippen LogP contribution in [0.2, 0.25) is 0 Å². The van der Waals surface area contributed by atoms with E-state index in [0.29, 0.717) is 24.5 Å². The largest absolute Gasteiger partial charge is 0.390 e. The molecule has 88 valence electrons. The van der Waals surface area contributed by atoms with E-state index in [1.54, 1.807) is 23.9 Å². The molecule has 0 aliphatic rings. The van der Waals surface area contributed by atoms with Gasteiger partial charge in [0.1, 0.15) is 6.29 Å². The van der Waals surface area contributed by atoms with E-state index in [-0.39, 0.29) is 0 Å². The number of thioether (sulfide) groups is 1. The summed E-state index contributed by atoms with van der Waals surface area (Å²) in [6.07, 6.45) is 0.369. The molecule has 1 atom stereocenters. The summed E-state index contributed by atoms with van der Waals surface area (Å²) < 4.78 is 5.11. The van der Waals surface area contributed by atoms with Gasteiger partial charge in [-0.3, -0.25) is 4.79 Å². The highest BCUT2D eigenvalue weighted by Gasteiger charge is 2.04. The van der Waals surface area contributed by atoms with Crippen molar-refractivity contribution >= 4 is 18.0 Å². The van der Waals surface area contributed by atoms with Crippen molar-refractivity contribution in [3.8, 4) is 0 Å². The third-order valence-corrected chi connectivity index (χ3v) is 3.13. The molecule has 3 nitrogen and oxygen atoms in total. The molecule has 1 N–H and O–H groups in total. The lowest BCUT2D eigenvalue weighted by Crippen LogP contribution is -2.17. The molecule has 1 unspecified atom stereocenters. The van der Waals surface area contributed by atoms with E-state index < -0.39 is 6.10 Å². The zero-order valence-corrected chi connectivity index (χ0v) is 10.1. The third-order valence-electron chi connectivity index (χ3n) is 1.97. The van der Waals surface area contributed by atoms with Crippen LogP contribution in [-0.4, -0.2) is 36.5 Å². The molecular formula is C12H16O3S. The van der Waals surface area contributed by atoms with Crippen molar-refractivity contribution in [2.75, 3.05) is 19.0 Å². The Morgan fingerprint density at radius 3 is 2.69 bits per heavy atom. The number of hydrogen-bond acceptors (Lipinski definition) is 4. The summed E-state index contributed by atoms with van der Waals surface area (Å²) in [6, 6.07) is 7.29. The standard InChI is InChI=1S/C12H16O3S/c1-2-15-8-11(14)9-16-12-5-3-10(7-13)4-6-12/h3-7,11,14H,2,8-9H2,1H3. The minimum atomic E-state index is -0.448. The number of carbonyl (C=O) groups is 1. The minimum Gasteiger partial charge on any atom is -0.390 e. The van der Waals surface area contributed by atoms with Crippen LogP contribution in [0.5, 0.6) is 0 Å². The van der Waals surface area contributed by atoms with Crippen LogP contribution in [0.15, 0.2) is 29.2 Å². The van der Waals surface area contributed by atoms with Crippen molar-refractivity contribution in [2.45, 2.75) is 17.9 Å². The zero-order chi connectivity index (χ0) is 11.8. The molecule has 1 rings (SSSR count). The third kappa shape index (κ3) is 4.79. The number of carbonyl (C=O) groups excluding carboxylic acids is 1. The number of aldehydes is 1. The van der Waals surface area contributed by atoms with Crippen molar-refractivity contribution in [2.24, 2.45) is 0 Å². The number of aliphatic hydroxyl groups is 1. The van der Waals surface area contributed by atoms with Gasteiger partial charge in [-0.1, -0.05) is 12.1 Å². The van der Waals surface area contributed by atoms with Crippen LogP contribution < -0.4 is 0 Å². The van der Waals surface area contributed by atoms with Crippen molar-refractivity contribution in [1.29, 1.82) is 0 Å². The molecule has 0 aliphatic heterocycles. The van der Waals surface area contributed by atoms with Gasteiger partial charge in [0.25, 0.3) is 0 Å². The van der Waals surface area contributed by atoms with Crippen molar-refractivity contribution < 1.29 is 14.6 Å². The molecule has 0 saturated heterocycles. The first-order valence-electron chi connectivity index (χ1n) is 5.20. The molecule has 0 amide bonds. The molecule has 0 fully saturated rings. The maximum Gasteiger partial charge on any atom is 0.150 e. The number of hydrogen-bond donors (Lipinski definition) is 1. The Morgan fingerprint density at radius 1 is 1.44 bits per heavy atom. The molecule has 0 heterocycles. The molecule has 0 saturated carbocycles. The first-order chi connectivity index (χ1) is 7.76. The van der Waals surface area contributed by atoms with Crippen LogP contribution >= 0.6 is 11.8 Å². The van der Waals surface area contributed by atoms with Crippen LogP contribution in [0.25, 0.3) is 0 Å². The van der Waals surface area contributed by atoms with E-state index in [2.05, 4.69) is 0 Å². The van der Waals surface area contributed by atoms with E-state index in [1.807, 2.05) is 19.1 Å². The summed E-state index contributed by atoms with van der Waals surface area (Å²) in [5.41, 5.74) is 0.666. The van der Waals surface area contributed by atoms with Gasteiger partial charge < -0.3 is 9.84 Å². The second-order valence-corrected chi connectivity index (χ2v) is 4.40. The average Bonchev–Trinajstić information content (AvgIpc) is 2.34. The van der Waals surface area contributed by atoms with E-state index in [4.69, 9.17) is 4.74 Å². The summed E-state index contributed by atoms with van der Waals surface area (Å²) in [5, 5.41) is 9.54. The number of rotatable bonds is 7. The molecule has 16 heavy (non-hydrogen) atoms. The first-order valence-corrected chi connectivity index (χ1v) is 6.18. The van der Waals surface area contributed by atoms with Crippen molar-refractivity contribution in [1.82, 2.24) is 0 Å². The predicted molar refractivity (Wildman–Crippen MR) is 65.1 cm³/mol. The highest BCUT2D eigenvalue weighted by atomic mass is 32.2. The fourth-order valence-electron chi connectivity index (χ4n) is 1.14. The Balaban J connectivity index is 2.33. The Kier molecular flexibility index (Phi) is 6.15. The number of benzene rings is 1. The van der Waals surface area contributed by atoms with Gasteiger partial charge in [0.05, 0.1) is 12.7 Å². The first kappa shape index (κ1) is 13.2. The summed E-state index contributed by atoms with van der Waals surface area (Å²) in [5.74, 6) is 0.598. The van der Waals surface area contributed by atoms with Crippen LogP contribution in [0.1, 0.15) is 17.3 Å². The van der Waals surface area contributed by atoms with Gasteiger partial charge >= 0.3 is 0 Å². The predicted octanol–water partition coefficient (Wildman–Crippen LogP) is 1.99. The monoisotopic (exact) mass is 240 g/mol. The van der Waals surface area contributed by atoms with Gasteiger partial charge in [0.2, 0.25) is 0 Å². The zero-order valence-electron chi connectivity index (χ0n) is 9.26. The molecule has 0 bridgehead atoms. The van der Waals surface area contributed by atoms with Crippen LogP contribution in [0, 0.1) is 0 Å². The maximum atomic E-state index is 10.4. The van der Waals surface area contributed by atoms with E-state index >= 15 is 0 Å². The van der Waals surface area contributed by atoms with E-state index in [9.17, 15) is 9.90 Å². The van der Waals surface area contributed by atoms with Crippen molar-refractivity contribution in [3.63, 3.8) is 0 Å². The lowest BCUT2D eigenvalue weighted by atomic mass is 10.2. The SMILES string of the molecule is CCOCC(O)CSc1ccc(C=O)cc1. The van der Waals surface area contributed by atoms with Crippen molar-refractivity contribution in [3.05, 3.63) is 29.8 Å². The van der Waals surface area contributed by atoms with Crippen LogP contribution in [0.4, 0.5) is 0 Å². The van der Waals surface area contributed by atoms with Gasteiger partial charge in [-0.15, -0.1) is 11.8 Å². The molecule has 1 aromatic carbocycles. The molecule has 0 aliphatic carbocycles. The van der Waals surface area contributed by atoms with Gasteiger partial charge in [-0.05, 0) is 19.1 Å². The summed E-state index contributed by atoms with van der Waals surface area (Å²) in [6.45, 7) is 2.89. The molecule has 0 aromatic heterocycles. The minimum absolute atomic E-state index is 0.371. The molecule has 0 radical (unpaired) electrons. The van der Waals surface area contributed by atoms with Gasteiger partial charge in [0.15, 0.2) is 0 Å². The van der Waals surface area contributed by atoms with Crippen LogP contribution in [-0.2, 0) is 4.74 Å². The second-order valence-electron chi connectivity index (χ2n) is 3.31. The normalized spacial score (nSPS) is 12.4. The van der Waals surface area contributed by atoms with E-state index in [1.165, 1.54) is 0 Å². The number of ether oxygens (including phenoxy) is 1. The van der Waals surface area contributed by atoms with Gasteiger partial charge in [0, 0.05) is 22.8 Å². The van der Waals surface area contributed by atoms with Gasteiger partial charge in [-0.25, -0.2) is 0 Å². The fourth-order valence-corrected chi connectivity index (χ4v) is 1.95. The fraction of sp³-hybridized carbons (Fsp3) is 0.417. The molecule has 1 aromatic rings. The summed E-state index contributed by atoms with van der Waals surface area (Å²) in [4.78, 5) is 11.5. The summed E-state index contributed by atoms with van der Waals surface area (Å²) in [7, 11) is 0. The van der Waals surface area contributed by atoms with Crippen LogP contribution in [0.3, 0.4) is 0 Å². The Bertz CT molecular complexity index is 311. The topological polar surface area (TPSA) is 46.5 Å². The Hall–Kier alpha value is -0.840. The molecular weight excluding hydrogens is 224 g/mol. The lowest BCUT2D eigenvalue weighted by molar-refractivity contribution is 0.0551. The van der Waals surface area contributed by atoms with Gasteiger partial charge in [-0.2, -0.15) is 0 Å². The Labute approximate surface area is 99.8 Å². The highest BCUT2D eigenvalue weighted by Crippen LogP contribution is 2.18. The second kappa shape index (κ2) is 7.44. The maximum absolute atomic E-state index is 10.4. The quantitative estimate of drug-likeness (QED) is 0.585. The summed E-state index contributed by atoms with van der Waals surface area (Å²) >= 11 is 1.55. The lowest BCUT2D eigenvalue weighted by Gasteiger charge is -2.09. The molecule has 0 spiro atoms. The smallest absolute Gasteiger partial charge is 0.150 e. The number of aliphatic hydroxyl groups excluding tert-OH is 1. The highest BCUT2D eigenvalue weighted by molar-refractivity contribution is 7.99. The molecule has 4 heteroatoms. The Morgan fingerprint density at radius 2 is 2.12 bits per heavy atom.